The van der Waals surface area contributed by atoms with Crippen LogP contribution < -0.4 is 0 Å². The summed E-state index contributed by atoms with van der Waals surface area (Å²) in [6, 6.07) is 11.3. The number of nitrogens with zero attached hydrogens (tertiary/aromatic N) is 3. The maximum atomic E-state index is 12.4. The van der Waals surface area contributed by atoms with E-state index in [1.165, 1.54) is 5.69 Å². The van der Waals surface area contributed by atoms with Crippen LogP contribution in [0.3, 0.4) is 0 Å². The number of likely N-dealkylation sites (tertiary alicyclic amines) is 1. The second kappa shape index (κ2) is 8.30. The number of aryl methyl sites for hydroxylation is 2. The third-order valence-electron chi connectivity index (χ3n) is 5.16. The average molecular weight is 353 g/mol. The summed E-state index contributed by atoms with van der Waals surface area (Å²) in [5.41, 5.74) is 2.93. The Hall–Kier alpha value is -2.43. The molecule has 0 radical (unpaired) electrons. The van der Waals surface area contributed by atoms with Gasteiger partial charge in [-0.15, -0.1) is 0 Å². The molecule has 0 N–H and O–H groups in total. The summed E-state index contributed by atoms with van der Waals surface area (Å²) in [5, 5.41) is 4.53. The normalized spacial score (nSPS) is 15.2. The van der Waals surface area contributed by atoms with Crippen molar-refractivity contribution in [1.82, 2.24) is 14.7 Å². The molecule has 1 amide bonds. The maximum absolute atomic E-state index is 12.4. The van der Waals surface area contributed by atoms with E-state index >= 15 is 0 Å². The smallest absolute Gasteiger partial charge is 0.223 e. The van der Waals surface area contributed by atoms with Gasteiger partial charge in [-0.25, -0.2) is 0 Å². The van der Waals surface area contributed by atoms with Crippen molar-refractivity contribution >= 4 is 11.7 Å². The number of carbonyl (C=O) groups is 2. The van der Waals surface area contributed by atoms with E-state index in [4.69, 9.17) is 0 Å². The van der Waals surface area contributed by atoms with Gasteiger partial charge in [0.1, 0.15) is 0 Å². The number of hydrogen-bond acceptors (Lipinski definition) is 3. The number of benzene rings is 1. The summed E-state index contributed by atoms with van der Waals surface area (Å²) in [6.45, 7) is 6.59. The van der Waals surface area contributed by atoms with Crippen molar-refractivity contribution in [1.29, 1.82) is 0 Å². The lowest BCUT2D eigenvalue weighted by Gasteiger charge is -2.32. The molecule has 1 aromatic carbocycles. The highest BCUT2D eigenvalue weighted by atomic mass is 16.2. The van der Waals surface area contributed by atoms with Crippen molar-refractivity contribution in [2.24, 2.45) is 5.92 Å². The van der Waals surface area contributed by atoms with Crippen LogP contribution in [0.15, 0.2) is 36.4 Å². The highest BCUT2D eigenvalue weighted by molar-refractivity contribution is 5.97. The van der Waals surface area contributed by atoms with E-state index in [-0.39, 0.29) is 18.1 Å². The van der Waals surface area contributed by atoms with E-state index in [0.29, 0.717) is 17.9 Å². The summed E-state index contributed by atoms with van der Waals surface area (Å²) in [6.07, 6.45) is 2.58. The monoisotopic (exact) mass is 353 g/mol. The molecule has 5 heteroatoms. The Labute approximate surface area is 155 Å². The maximum Gasteiger partial charge on any atom is 0.223 e. The van der Waals surface area contributed by atoms with Gasteiger partial charge in [-0.1, -0.05) is 30.3 Å². The molecule has 0 atom stereocenters. The molecule has 1 aliphatic rings. The molecule has 138 valence electrons. The van der Waals surface area contributed by atoms with Crippen molar-refractivity contribution < 1.29 is 9.59 Å². The van der Waals surface area contributed by atoms with Gasteiger partial charge < -0.3 is 4.90 Å². The molecule has 2 heterocycles. The molecular formula is C21H27N3O2. The second-order valence-corrected chi connectivity index (χ2v) is 7.22. The van der Waals surface area contributed by atoms with Crippen molar-refractivity contribution in [2.45, 2.75) is 46.1 Å². The van der Waals surface area contributed by atoms with Crippen LogP contribution in [-0.2, 0) is 11.3 Å². The van der Waals surface area contributed by atoms with Crippen LogP contribution in [0.4, 0.5) is 0 Å². The highest BCUT2D eigenvalue weighted by Gasteiger charge is 2.24. The summed E-state index contributed by atoms with van der Waals surface area (Å²) < 4.78 is 2.08. The molecule has 0 spiro atoms. The van der Waals surface area contributed by atoms with Gasteiger partial charge in [0, 0.05) is 43.7 Å². The van der Waals surface area contributed by atoms with E-state index in [1.807, 2.05) is 30.0 Å². The Morgan fingerprint density at radius 3 is 2.38 bits per heavy atom. The zero-order chi connectivity index (χ0) is 18.5. The van der Waals surface area contributed by atoms with Crippen LogP contribution in [-0.4, -0.2) is 39.5 Å². The number of amides is 1. The quantitative estimate of drug-likeness (QED) is 0.748. The third-order valence-corrected chi connectivity index (χ3v) is 5.16. The SMILES string of the molecule is Cc1cc(C)n(CC2CCN(C(=O)CCC(=O)c3ccccc3)CC2)n1. The minimum atomic E-state index is 0.0402. The van der Waals surface area contributed by atoms with E-state index in [0.717, 1.165) is 38.2 Å². The summed E-state index contributed by atoms with van der Waals surface area (Å²) >= 11 is 0. The summed E-state index contributed by atoms with van der Waals surface area (Å²) in [5.74, 6) is 0.695. The van der Waals surface area contributed by atoms with Gasteiger partial charge in [0.25, 0.3) is 0 Å². The third kappa shape index (κ3) is 4.59. The van der Waals surface area contributed by atoms with Gasteiger partial charge >= 0.3 is 0 Å². The minimum absolute atomic E-state index is 0.0402. The van der Waals surface area contributed by atoms with E-state index in [2.05, 4.69) is 22.8 Å². The molecular weight excluding hydrogens is 326 g/mol. The Morgan fingerprint density at radius 1 is 1.08 bits per heavy atom. The molecule has 2 aromatic rings. The van der Waals surface area contributed by atoms with Crippen molar-refractivity contribution in [3.05, 3.63) is 53.3 Å². The van der Waals surface area contributed by atoms with E-state index < -0.39 is 0 Å². The molecule has 1 fully saturated rings. The van der Waals surface area contributed by atoms with Crippen LogP contribution in [0.25, 0.3) is 0 Å². The first-order valence-electron chi connectivity index (χ1n) is 9.40. The minimum Gasteiger partial charge on any atom is -0.343 e. The van der Waals surface area contributed by atoms with Gasteiger partial charge in [0.2, 0.25) is 5.91 Å². The van der Waals surface area contributed by atoms with Crippen molar-refractivity contribution in [3.63, 3.8) is 0 Å². The Morgan fingerprint density at radius 2 is 1.77 bits per heavy atom. The zero-order valence-electron chi connectivity index (χ0n) is 15.6. The van der Waals surface area contributed by atoms with Gasteiger partial charge in [0.05, 0.1) is 5.69 Å². The first-order valence-corrected chi connectivity index (χ1v) is 9.40. The summed E-state index contributed by atoms with van der Waals surface area (Å²) in [4.78, 5) is 26.5. The second-order valence-electron chi connectivity index (χ2n) is 7.22. The predicted octanol–water partition coefficient (Wildman–Crippen LogP) is 3.40. The average Bonchev–Trinajstić information content (AvgIpc) is 2.97. The van der Waals surface area contributed by atoms with Crippen LogP contribution in [0.5, 0.6) is 0 Å². The lowest BCUT2D eigenvalue weighted by Crippen LogP contribution is -2.39. The topological polar surface area (TPSA) is 55.2 Å². The molecule has 3 rings (SSSR count). The van der Waals surface area contributed by atoms with Crippen LogP contribution in [0, 0.1) is 19.8 Å². The Bertz CT molecular complexity index is 759. The lowest BCUT2D eigenvalue weighted by atomic mass is 9.96. The summed E-state index contributed by atoms with van der Waals surface area (Å²) in [7, 11) is 0. The number of aromatic nitrogens is 2. The fourth-order valence-electron chi connectivity index (χ4n) is 3.62. The van der Waals surface area contributed by atoms with Gasteiger partial charge in [-0.3, -0.25) is 14.3 Å². The van der Waals surface area contributed by atoms with Gasteiger partial charge in [0.15, 0.2) is 5.78 Å². The highest BCUT2D eigenvalue weighted by Crippen LogP contribution is 2.21. The lowest BCUT2D eigenvalue weighted by molar-refractivity contribution is -0.132. The number of rotatable bonds is 6. The van der Waals surface area contributed by atoms with Gasteiger partial charge in [-0.2, -0.15) is 5.10 Å². The first-order chi connectivity index (χ1) is 12.5. The fraction of sp³-hybridized carbons (Fsp3) is 0.476. The molecule has 1 saturated heterocycles. The Balaban J connectivity index is 1.43. The molecule has 5 nitrogen and oxygen atoms in total. The molecule has 1 aromatic heterocycles. The molecule has 0 unspecified atom stereocenters. The Kier molecular flexibility index (Phi) is 5.86. The number of piperidine rings is 1. The standard InChI is InChI=1S/C21H27N3O2/c1-16-14-17(2)24(22-16)15-18-10-12-23(13-11-18)21(26)9-8-20(25)19-6-4-3-5-7-19/h3-7,14,18H,8-13,15H2,1-2H3. The zero-order valence-corrected chi connectivity index (χ0v) is 15.6. The molecule has 26 heavy (non-hydrogen) atoms. The number of Topliss-reactive ketones (excluding diaryl/α,β-unsaturated/α-hetero) is 1. The predicted molar refractivity (Wildman–Crippen MR) is 101 cm³/mol. The molecule has 0 bridgehead atoms. The molecule has 0 saturated carbocycles. The van der Waals surface area contributed by atoms with E-state index in [1.54, 1.807) is 12.1 Å². The van der Waals surface area contributed by atoms with Crippen LogP contribution in [0.2, 0.25) is 0 Å². The molecule has 1 aliphatic heterocycles. The largest absolute Gasteiger partial charge is 0.343 e. The fourth-order valence-corrected chi connectivity index (χ4v) is 3.62. The molecule has 0 aliphatic carbocycles. The van der Waals surface area contributed by atoms with Crippen molar-refractivity contribution in [3.8, 4) is 0 Å². The van der Waals surface area contributed by atoms with Crippen molar-refractivity contribution in [2.75, 3.05) is 13.1 Å². The number of carbonyl (C=O) groups excluding carboxylic acids is 2. The first kappa shape index (κ1) is 18.4. The van der Waals surface area contributed by atoms with Gasteiger partial charge in [-0.05, 0) is 38.7 Å². The van der Waals surface area contributed by atoms with E-state index in [9.17, 15) is 9.59 Å². The van der Waals surface area contributed by atoms with Crippen LogP contribution in [0.1, 0.15) is 47.4 Å². The number of ketones is 1. The number of hydrogen-bond donors (Lipinski definition) is 0. The van der Waals surface area contributed by atoms with Crippen LogP contribution >= 0.6 is 0 Å².